The Morgan fingerprint density at radius 2 is 1.88 bits per heavy atom. The molecule has 0 unspecified atom stereocenters. The van der Waals surface area contributed by atoms with Crippen molar-refractivity contribution in [1.29, 1.82) is 0 Å². The molecular weight excluding hydrogens is 242 g/mol. The van der Waals surface area contributed by atoms with Crippen molar-refractivity contribution in [3.63, 3.8) is 0 Å². The van der Waals surface area contributed by atoms with Gasteiger partial charge in [-0.15, -0.1) is 4.09 Å². The number of rotatable bonds is 3. The molecule has 0 atom stereocenters. The third-order valence-corrected chi connectivity index (χ3v) is 3.80. The van der Waals surface area contributed by atoms with E-state index < -0.39 is 10.2 Å². The summed E-state index contributed by atoms with van der Waals surface area (Å²) in [5.41, 5.74) is 1.02. The van der Waals surface area contributed by atoms with Crippen LogP contribution < -0.4 is 0 Å². The van der Waals surface area contributed by atoms with Gasteiger partial charge in [-0.1, -0.05) is 0 Å². The lowest BCUT2D eigenvalue weighted by molar-refractivity contribution is 0.504. The molecule has 8 heteroatoms. The average Bonchev–Trinajstić information content (AvgIpc) is 2.79. The van der Waals surface area contributed by atoms with Crippen molar-refractivity contribution in [3.05, 3.63) is 31.0 Å². The monoisotopic (exact) mass is 253 g/mol. The normalized spacial score (nSPS) is 11.9. The smallest absolute Gasteiger partial charge is 0.244 e. The molecule has 0 bridgehead atoms. The Kier molecular flexibility index (Phi) is 2.90. The van der Waals surface area contributed by atoms with Crippen LogP contribution in [-0.4, -0.2) is 46.0 Å². The van der Waals surface area contributed by atoms with Crippen molar-refractivity contribution in [2.24, 2.45) is 0 Å². The Bertz CT molecular complexity index is 605. The van der Waals surface area contributed by atoms with Crippen LogP contribution >= 0.6 is 0 Å². The number of hydrogen-bond donors (Lipinski definition) is 0. The van der Waals surface area contributed by atoms with Crippen LogP contribution in [0.5, 0.6) is 0 Å². The molecule has 2 aromatic rings. The van der Waals surface area contributed by atoms with Gasteiger partial charge in [0.25, 0.3) is 0 Å². The fourth-order valence-electron chi connectivity index (χ4n) is 1.27. The molecule has 0 fully saturated rings. The van der Waals surface area contributed by atoms with Gasteiger partial charge in [-0.05, 0) is 6.07 Å². The van der Waals surface area contributed by atoms with E-state index in [2.05, 4.69) is 15.1 Å². The van der Waals surface area contributed by atoms with E-state index in [-0.39, 0.29) is 0 Å². The Hall–Kier alpha value is -1.80. The van der Waals surface area contributed by atoms with Gasteiger partial charge in [0.15, 0.2) is 0 Å². The average molecular weight is 253 g/mol. The summed E-state index contributed by atoms with van der Waals surface area (Å²) in [6, 6.07) is 1.60. The van der Waals surface area contributed by atoms with Crippen molar-refractivity contribution < 1.29 is 8.42 Å². The molecular formula is C9H11N5O2S. The molecule has 0 radical (unpaired) electrons. The van der Waals surface area contributed by atoms with Crippen molar-refractivity contribution >= 4 is 10.2 Å². The van der Waals surface area contributed by atoms with E-state index >= 15 is 0 Å². The Morgan fingerprint density at radius 3 is 2.47 bits per heavy atom. The number of nitrogens with zero attached hydrogens (tertiary/aromatic N) is 5. The number of aromatic nitrogens is 4. The van der Waals surface area contributed by atoms with Crippen molar-refractivity contribution in [1.82, 2.24) is 23.5 Å². The molecule has 90 valence electrons. The molecule has 2 heterocycles. The van der Waals surface area contributed by atoms with Gasteiger partial charge in [-0.3, -0.25) is 0 Å². The van der Waals surface area contributed by atoms with E-state index in [4.69, 9.17) is 0 Å². The second kappa shape index (κ2) is 4.22. The summed E-state index contributed by atoms with van der Waals surface area (Å²) >= 11 is 0. The minimum Gasteiger partial charge on any atom is -0.244 e. The molecule has 0 aliphatic carbocycles. The van der Waals surface area contributed by atoms with Gasteiger partial charge in [-0.2, -0.15) is 17.8 Å². The fraction of sp³-hybridized carbons (Fsp3) is 0.222. The van der Waals surface area contributed by atoms with Crippen LogP contribution in [0.15, 0.2) is 31.0 Å². The molecule has 2 rings (SSSR count). The molecule has 0 aliphatic rings. The summed E-state index contributed by atoms with van der Waals surface area (Å²) in [5, 5.41) is 3.82. The zero-order chi connectivity index (χ0) is 12.5. The summed E-state index contributed by atoms with van der Waals surface area (Å²) in [5.74, 6) is 0. The largest absolute Gasteiger partial charge is 0.322 e. The maximum absolute atomic E-state index is 12.0. The summed E-state index contributed by atoms with van der Waals surface area (Å²) in [6.45, 7) is 0. The summed E-state index contributed by atoms with van der Waals surface area (Å²) < 4.78 is 26.0. The highest BCUT2D eigenvalue weighted by atomic mass is 32.2. The van der Waals surface area contributed by atoms with E-state index in [1.54, 1.807) is 6.07 Å². The Balaban J connectivity index is 2.58. The molecule has 0 aromatic carbocycles. The predicted octanol–water partition coefficient (Wildman–Crippen LogP) is -0.00540. The minimum absolute atomic E-state index is 0.430. The maximum Gasteiger partial charge on any atom is 0.322 e. The van der Waals surface area contributed by atoms with E-state index in [0.29, 0.717) is 11.3 Å². The van der Waals surface area contributed by atoms with Gasteiger partial charge >= 0.3 is 10.2 Å². The third-order valence-electron chi connectivity index (χ3n) is 2.15. The van der Waals surface area contributed by atoms with Crippen LogP contribution in [0.3, 0.4) is 0 Å². The van der Waals surface area contributed by atoms with Crippen LogP contribution in [0.2, 0.25) is 0 Å². The predicted molar refractivity (Wildman–Crippen MR) is 61.3 cm³/mol. The maximum atomic E-state index is 12.0. The summed E-state index contributed by atoms with van der Waals surface area (Å²) in [6.07, 6.45) is 5.87. The first kappa shape index (κ1) is 11.7. The standard InChI is InChI=1S/C9H11N5O2S/c1-13(2)17(15,16)14-9(3-4-12-14)8-5-10-7-11-6-8/h3-7H,1-2H3. The van der Waals surface area contributed by atoms with Crippen LogP contribution in [0.1, 0.15) is 0 Å². The first-order valence-electron chi connectivity index (χ1n) is 4.76. The first-order chi connectivity index (χ1) is 8.03. The molecule has 0 amide bonds. The van der Waals surface area contributed by atoms with Gasteiger partial charge in [-0.25, -0.2) is 9.97 Å². The molecule has 0 N–H and O–H groups in total. The van der Waals surface area contributed by atoms with Crippen LogP contribution in [0.25, 0.3) is 11.3 Å². The number of hydrogen-bond acceptors (Lipinski definition) is 5. The van der Waals surface area contributed by atoms with Gasteiger partial charge in [0.1, 0.15) is 6.33 Å². The van der Waals surface area contributed by atoms with Crippen molar-refractivity contribution in [2.45, 2.75) is 0 Å². The lowest BCUT2D eigenvalue weighted by atomic mass is 10.2. The summed E-state index contributed by atoms with van der Waals surface area (Å²) in [7, 11) is -0.736. The molecule has 7 nitrogen and oxygen atoms in total. The fourth-order valence-corrected chi connectivity index (χ4v) is 2.16. The van der Waals surface area contributed by atoms with Gasteiger partial charge in [0.2, 0.25) is 0 Å². The van der Waals surface area contributed by atoms with Gasteiger partial charge in [0.05, 0.1) is 11.9 Å². The van der Waals surface area contributed by atoms with Crippen LogP contribution in [0, 0.1) is 0 Å². The molecule has 0 saturated carbocycles. The van der Waals surface area contributed by atoms with Crippen LogP contribution in [-0.2, 0) is 10.2 Å². The molecule has 0 spiro atoms. The summed E-state index contributed by atoms with van der Waals surface area (Å²) in [4.78, 5) is 7.70. The van der Waals surface area contributed by atoms with E-state index in [1.165, 1.54) is 39.0 Å². The zero-order valence-electron chi connectivity index (χ0n) is 9.35. The zero-order valence-corrected chi connectivity index (χ0v) is 10.2. The quantitative estimate of drug-likeness (QED) is 0.768. The van der Waals surface area contributed by atoms with Gasteiger partial charge < -0.3 is 0 Å². The molecule has 0 saturated heterocycles. The van der Waals surface area contributed by atoms with E-state index in [0.717, 1.165) is 8.39 Å². The van der Waals surface area contributed by atoms with Crippen LogP contribution in [0.4, 0.5) is 0 Å². The minimum atomic E-state index is -3.63. The Labute approximate surface area is 98.9 Å². The van der Waals surface area contributed by atoms with Crippen molar-refractivity contribution in [3.8, 4) is 11.3 Å². The lowest BCUT2D eigenvalue weighted by Gasteiger charge is -2.13. The van der Waals surface area contributed by atoms with E-state index in [1.807, 2.05) is 0 Å². The van der Waals surface area contributed by atoms with Gasteiger partial charge in [0, 0.05) is 32.1 Å². The SMILES string of the molecule is CN(C)S(=O)(=O)n1nccc1-c1cncnc1. The molecule has 0 aliphatic heterocycles. The second-order valence-corrected chi connectivity index (χ2v) is 5.45. The highest BCUT2D eigenvalue weighted by molar-refractivity contribution is 7.87. The molecule has 2 aromatic heterocycles. The third kappa shape index (κ3) is 2.04. The highest BCUT2D eigenvalue weighted by Gasteiger charge is 2.21. The Morgan fingerprint density at radius 1 is 1.24 bits per heavy atom. The first-order valence-corrected chi connectivity index (χ1v) is 6.15. The molecule has 17 heavy (non-hydrogen) atoms. The highest BCUT2D eigenvalue weighted by Crippen LogP contribution is 2.18. The van der Waals surface area contributed by atoms with Crippen molar-refractivity contribution in [2.75, 3.05) is 14.1 Å². The second-order valence-electron chi connectivity index (χ2n) is 3.48. The van der Waals surface area contributed by atoms with E-state index in [9.17, 15) is 8.42 Å². The lowest BCUT2D eigenvalue weighted by Crippen LogP contribution is -2.30. The topological polar surface area (TPSA) is 81.0 Å².